The van der Waals surface area contributed by atoms with Crippen LogP contribution < -0.4 is 10.1 Å². The van der Waals surface area contributed by atoms with Crippen LogP contribution in [0.4, 0.5) is 5.69 Å². The van der Waals surface area contributed by atoms with Crippen molar-refractivity contribution >= 4 is 5.69 Å². The molecule has 2 aromatic rings. The molecule has 2 rings (SSSR count). The van der Waals surface area contributed by atoms with E-state index in [0.29, 0.717) is 0 Å². The van der Waals surface area contributed by atoms with E-state index >= 15 is 0 Å². The van der Waals surface area contributed by atoms with Crippen LogP contribution in [0.2, 0.25) is 0 Å². The smallest absolute Gasteiger partial charge is 0.121 e. The molecule has 0 spiro atoms. The summed E-state index contributed by atoms with van der Waals surface area (Å²) in [7, 11) is 0. The molecule has 0 amide bonds. The van der Waals surface area contributed by atoms with Gasteiger partial charge in [-0.15, -0.1) is 0 Å². The summed E-state index contributed by atoms with van der Waals surface area (Å²) in [5, 5.41) is 3.45. The molecule has 0 aromatic heterocycles. The van der Waals surface area contributed by atoms with Crippen LogP contribution in [0.15, 0.2) is 54.6 Å². The van der Waals surface area contributed by atoms with E-state index in [0.717, 1.165) is 43.9 Å². The van der Waals surface area contributed by atoms with E-state index in [-0.39, 0.29) is 0 Å². The number of aryl methyl sites for hydroxylation is 1. The molecule has 0 aliphatic carbocycles. The van der Waals surface area contributed by atoms with Crippen LogP contribution in [0.25, 0.3) is 0 Å². The van der Waals surface area contributed by atoms with Gasteiger partial charge < -0.3 is 10.1 Å². The fourth-order valence-electron chi connectivity index (χ4n) is 2.09. The minimum atomic E-state index is 0.775. The van der Waals surface area contributed by atoms with Crippen LogP contribution in [0.5, 0.6) is 5.75 Å². The van der Waals surface area contributed by atoms with Gasteiger partial charge in [0.1, 0.15) is 5.75 Å². The van der Waals surface area contributed by atoms with E-state index < -0.39 is 0 Å². The number of hydrogen-bond acceptors (Lipinski definition) is 2. The highest BCUT2D eigenvalue weighted by Gasteiger charge is 1.97. The molecule has 0 radical (unpaired) electrons. The Kier molecular flexibility index (Phi) is 5.97. The number of rotatable bonds is 8. The zero-order valence-corrected chi connectivity index (χ0v) is 12.1. The van der Waals surface area contributed by atoms with Crippen molar-refractivity contribution in [2.24, 2.45) is 0 Å². The standard InChI is InChI=1S/C18H23NO/c1-2-14-20-18-12-6-11-17(15-18)19-13-7-10-16-8-4-3-5-9-16/h3-6,8-9,11-12,15,19H,2,7,10,13-14H2,1H3. The molecular formula is C18H23NO. The molecule has 2 aromatic carbocycles. The first-order valence-electron chi connectivity index (χ1n) is 7.39. The summed E-state index contributed by atoms with van der Waals surface area (Å²) in [6.45, 7) is 3.87. The highest BCUT2D eigenvalue weighted by molar-refractivity contribution is 5.48. The third-order valence-electron chi connectivity index (χ3n) is 3.12. The molecule has 0 unspecified atom stereocenters. The molecule has 0 bridgehead atoms. The van der Waals surface area contributed by atoms with Gasteiger partial charge in [0.2, 0.25) is 0 Å². The molecule has 0 aliphatic heterocycles. The summed E-state index contributed by atoms with van der Waals surface area (Å²) in [5.74, 6) is 0.944. The van der Waals surface area contributed by atoms with Gasteiger partial charge >= 0.3 is 0 Å². The monoisotopic (exact) mass is 269 g/mol. The lowest BCUT2D eigenvalue weighted by Crippen LogP contribution is -2.03. The molecular weight excluding hydrogens is 246 g/mol. The van der Waals surface area contributed by atoms with Gasteiger partial charge in [-0.05, 0) is 37.0 Å². The Bertz CT molecular complexity index is 496. The fourth-order valence-corrected chi connectivity index (χ4v) is 2.09. The summed E-state index contributed by atoms with van der Waals surface area (Å²) in [6.07, 6.45) is 3.28. The number of anilines is 1. The van der Waals surface area contributed by atoms with E-state index in [4.69, 9.17) is 4.74 Å². The Morgan fingerprint density at radius 2 is 1.85 bits per heavy atom. The molecule has 0 heterocycles. The predicted molar refractivity (Wildman–Crippen MR) is 85.5 cm³/mol. The number of benzene rings is 2. The van der Waals surface area contributed by atoms with Crippen LogP contribution >= 0.6 is 0 Å². The van der Waals surface area contributed by atoms with E-state index in [1.807, 2.05) is 12.1 Å². The third kappa shape index (κ3) is 4.96. The molecule has 1 N–H and O–H groups in total. The zero-order valence-electron chi connectivity index (χ0n) is 12.1. The van der Waals surface area contributed by atoms with Gasteiger partial charge in [-0.1, -0.05) is 43.3 Å². The molecule has 0 aliphatic rings. The average molecular weight is 269 g/mol. The van der Waals surface area contributed by atoms with Crippen LogP contribution in [-0.2, 0) is 6.42 Å². The predicted octanol–water partition coefficient (Wildman–Crippen LogP) is 4.52. The Labute approximate surface area is 121 Å². The maximum Gasteiger partial charge on any atom is 0.121 e. The van der Waals surface area contributed by atoms with Crippen molar-refractivity contribution in [2.45, 2.75) is 26.2 Å². The van der Waals surface area contributed by atoms with E-state index in [9.17, 15) is 0 Å². The van der Waals surface area contributed by atoms with Gasteiger partial charge in [0.25, 0.3) is 0 Å². The van der Waals surface area contributed by atoms with Crippen LogP contribution in [0.1, 0.15) is 25.3 Å². The minimum Gasteiger partial charge on any atom is -0.494 e. The summed E-state index contributed by atoms with van der Waals surface area (Å²) in [5.41, 5.74) is 2.53. The van der Waals surface area contributed by atoms with Crippen molar-refractivity contribution in [3.05, 3.63) is 60.2 Å². The molecule has 0 saturated carbocycles. The van der Waals surface area contributed by atoms with Gasteiger partial charge in [-0.3, -0.25) is 0 Å². The van der Waals surface area contributed by atoms with Gasteiger partial charge in [-0.25, -0.2) is 0 Å². The van der Waals surface area contributed by atoms with Gasteiger partial charge in [0.15, 0.2) is 0 Å². The summed E-state index contributed by atoms with van der Waals surface area (Å²) in [6, 6.07) is 18.8. The quantitative estimate of drug-likeness (QED) is 0.711. The second kappa shape index (κ2) is 8.26. The highest BCUT2D eigenvalue weighted by atomic mass is 16.5. The summed E-state index contributed by atoms with van der Waals surface area (Å²) >= 11 is 0. The number of ether oxygens (including phenoxy) is 1. The second-order valence-corrected chi connectivity index (χ2v) is 4.89. The average Bonchev–Trinajstić information content (AvgIpc) is 2.51. The van der Waals surface area contributed by atoms with Gasteiger partial charge in [-0.2, -0.15) is 0 Å². The molecule has 2 heteroatoms. The SMILES string of the molecule is CCCOc1cccc(NCCCc2ccccc2)c1. The lowest BCUT2D eigenvalue weighted by molar-refractivity contribution is 0.317. The number of hydrogen-bond donors (Lipinski definition) is 1. The van der Waals surface area contributed by atoms with Crippen molar-refractivity contribution in [1.82, 2.24) is 0 Å². The largest absolute Gasteiger partial charge is 0.494 e. The van der Waals surface area contributed by atoms with Crippen LogP contribution in [-0.4, -0.2) is 13.2 Å². The van der Waals surface area contributed by atoms with Crippen molar-refractivity contribution < 1.29 is 4.74 Å². The fraction of sp³-hybridized carbons (Fsp3) is 0.333. The maximum atomic E-state index is 5.63. The Morgan fingerprint density at radius 1 is 1.00 bits per heavy atom. The van der Waals surface area contributed by atoms with E-state index in [2.05, 4.69) is 54.7 Å². The lowest BCUT2D eigenvalue weighted by Gasteiger charge is -2.09. The van der Waals surface area contributed by atoms with Crippen molar-refractivity contribution in [1.29, 1.82) is 0 Å². The molecule has 2 nitrogen and oxygen atoms in total. The molecule has 0 saturated heterocycles. The van der Waals surface area contributed by atoms with E-state index in [1.165, 1.54) is 5.56 Å². The zero-order chi connectivity index (χ0) is 14.0. The molecule has 0 fully saturated rings. The molecule has 106 valence electrons. The van der Waals surface area contributed by atoms with Gasteiger partial charge in [0.05, 0.1) is 6.61 Å². The second-order valence-electron chi connectivity index (χ2n) is 4.89. The minimum absolute atomic E-state index is 0.775. The van der Waals surface area contributed by atoms with Crippen molar-refractivity contribution in [3.63, 3.8) is 0 Å². The van der Waals surface area contributed by atoms with Crippen molar-refractivity contribution in [2.75, 3.05) is 18.5 Å². The number of nitrogens with one attached hydrogen (secondary N) is 1. The normalized spacial score (nSPS) is 10.2. The molecule has 0 atom stereocenters. The first kappa shape index (κ1) is 14.4. The topological polar surface area (TPSA) is 21.3 Å². The highest BCUT2D eigenvalue weighted by Crippen LogP contribution is 2.17. The third-order valence-corrected chi connectivity index (χ3v) is 3.12. The summed E-state index contributed by atoms with van der Waals surface area (Å²) in [4.78, 5) is 0. The Morgan fingerprint density at radius 3 is 2.65 bits per heavy atom. The first-order chi connectivity index (χ1) is 9.88. The van der Waals surface area contributed by atoms with Crippen LogP contribution in [0.3, 0.4) is 0 Å². The summed E-state index contributed by atoms with van der Waals surface area (Å²) < 4.78 is 5.63. The molecule has 20 heavy (non-hydrogen) atoms. The maximum absolute atomic E-state index is 5.63. The Balaban J connectivity index is 1.73. The van der Waals surface area contributed by atoms with Crippen LogP contribution in [0, 0.1) is 0 Å². The van der Waals surface area contributed by atoms with Crippen molar-refractivity contribution in [3.8, 4) is 5.75 Å². The van der Waals surface area contributed by atoms with E-state index in [1.54, 1.807) is 0 Å². The Hall–Kier alpha value is -1.96. The first-order valence-corrected chi connectivity index (χ1v) is 7.39. The lowest BCUT2D eigenvalue weighted by atomic mass is 10.1. The van der Waals surface area contributed by atoms with Gasteiger partial charge in [0, 0.05) is 18.3 Å².